The summed E-state index contributed by atoms with van der Waals surface area (Å²) in [5.41, 5.74) is 3.01. The van der Waals surface area contributed by atoms with Crippen molar-refractivity contribution in [2.24, 2.45) is 7.05 Å². The summed E-state index contributed by atoms with van der Waals surface area (Å²) < 4.78 is 1.90. The Balaban J connectivity index is 2.31. The van der Waals surface area contributed by atoms with Crippen LogP contribution in [0.4, 0.5) is 0 Å². The number of aryl methyl sites for hydroxylation is 1. The van der Waals surface area contributed by atoms with E-state index < -0.39 is 0 Å². The third-order valence-corrected chi connectivity index (χ3v) is 3.78. The van der Waals surface area contributed by atoms with E-state index in [4.69, 9.17) is 0 Å². The summed E-state index contributed by atoms with van der Waals surface area (Å²) in [6.45, 7) is 1.63. The number of fused-ring (bicyclic) bond motifs is 1. The first-order valence-corrected chi connectivity index (χ1v) is 6.15. The van der Waals surface area contributed by atoms with Gasteiger partial charge in [0, 0.05) is 23.9 Å². The summed E-state index contributed by atoms with van der Waals surface area (Å²) in [6.07, 6.45) is 3.70. The summed E-state index contributed by atoms with van der Waals surface area (Å²) >= 11 is 0. The Morgan fingerprint density at radius 2 is 2.18 bits per heavy atom. The minimum atomic E-state index is 0.129. The number of Topliss-reactive ketones (excluding diaryl/α,β-unsaturated/α-hetero) is 1. The number of carbonyl (C=O) groups is 1. The quantitative estimate of drug-likeness (QED) is 0.740. The highest BCUT2D eigenvalue weighted by Gasteiger charge is 2.26. The molecule has 17 heavy (non-hydrogen) atoms. The molecule has 1 aliphatic rings. The molecule has 1 aromatic carbocycles. The van der Waals surface area contributed by atoms with Gasteiger partial charge in [-0.05, 0) is 25.8 Å². The summed E-state index contributed by atoms with van der Waals surface area (Å²) in [5.74, 6) is 0.684. The Bertz CT molecular complexity index is 594. The lowest BCUT2D eigenvalue weighted by atomic mass is 9.81. The Morgan fingerprint density at radius 1 is 1.41 bits per heavy atom. The number of hydrogen-bond donors (Lipinski definition) is 0. The van der Waals surface area contributed by atoms with Gasteiger partial charge in [0.2, 0.25) is 0 Å². The van der Waals surface area contributed by atoms with Crippen LogP contribution in [0.3, 0.4) is 0 Å². The highest BCUT2D eigenvalue weighted by molar-refractivity contribution is 6.07. The Kier molecular flexibility index (Phi) is 2.28. The van der Waals surface area contributed by atoms with Crippen LogP contribution in [0.2, 0.25) is 0 Å². The van der Waals surface area contributed by atoms with Gasteiger partial charge in [0.05, 0.1) is 11.2 Å². The first-order valence-electron chi connectivity index (χ1n) is 6.15. The molecule has 3 heteroatoms. The van der Waals surface area contributed by atoms with Crippen LogP contribution in [0.15, 0.2) is 18.2 Å². The number of rotatable bonds is 2. The molecule has 0 spiro atoms. The van der Waals surface area contributed by atoms with Gasteiger partial charge in [-0.2, -0.15) is 5.10 Å². The molecule has 3 rings (SSSR count). The van der Waals surface area contributed by atoms with Crippen LogP contribution in [0, 0.1) is 0 Å². The van der Waals surface area contributed by atoms with E-state index in [2.05, 4.69) is 5.10 Å². The fraction of sp³-hybridized carbons (Fsp3) is 0.429. The third kappa shape index (κ3) is 1.49. The molecule has 1 aliphatic carbocycles. The molecule has 0 amide bonds. The van der Waals surface area contributed by atoms with Crippen LogP contribution in [-0.2, 0) is 7.05 Å². The SMILES string of the molecule is CC(=O)c1cccc2c1c(C1CCC1)nn2C. The third-order valence-electron chi connectivity index (χ3n) is 3.78. The molecule has 0 unspecified atom stereocenters. The topological polar surface area (TPSA) is 34.9 Å². The van der Waals surface area contributed by atoms with Crippen molar-refractivity contribution in [3.8, 4) is 0 Å². The van der Waals surface area contributed by atoms with Crippen LogP contribution in [0.25, 0.3) is 10.9 Å². The average Bonchev–Trinajstić information content (AvgIpc) is 2.54. The molecule has 0 bridgehead atoms. The van der Waals surface area contributed by atoms with Gasteiger partial charge in [0.1, 0.15) is 0 Å². The minimum absolute atomic E-state index is 0.129. The monoisotopic (exact) mass is 228 g/mol. The smallest absolute Gasteiger partial charge is 0.160 e. The lowest BCUT2D eigenvalue weighted by Crippen LogP contribution is -2.10. The molecule has 0 N–H and O–H groups in total. The zero-order valence-electron chi connectivity index (χ0n) is 10.2. The number of ketones is 1. The summed E-state index contributed by atoms with van der Waals surface area (Å²) in [7, 11) is 1.95. The Morgan fingerprint density at radius 3 is 2.76 bits per heavy atom. The van der Waals surface area contributed by atoms with Crippen LogP contribution in [0.1, 0.15) is 48.2 Å². The number of nitrogens with zero attached hydrogens (tertiary/aromatic N) is 2. The van der Waals surface area contributed by atoms with Crippen molar-refractivity contribution in [2.45, 2.75) is 32.1 Å². The van der Waals surface area contributed by atoms with E-state index in [-0.39, 0.29) is 5.78 Å². The van der Waals surface area contributed by atoms with Gasteiger partial charge in [-0.3, -0.25) is 9.48 Å². The van der Waals surface area contributed by atoms with Gasteiger partial charge >= 0.3 is 0 Å². The average molecular weight is 228 g/mol. The van der Waals surface area contributed by atoms with E-state index >= 15 is 0 Å². The number of carbonyl (C=O) groups excluding carboxylic acids is 1. The van der Waals surface area contributed by atoms with Crippen molar-refractivity contribution in [1.29, 1.82) is 0 Å². The molecule has 0 radical (unpaired) electrons. The van der Waals surface area contributed by atoms with Gasteiger partial charge in [0.15, 0.2) is 5.78 Å². The molecule has 3 nitrogen and oxygen atoms in total. The second kappa shape index (κ2) is 3.69. The lowest BCUT2D eigenvalue weighted by molar-refractivity contribution is 0.101. The van der Waals surface area contributed by atoms with E-state index in [1.807, 2.05) is 29.9 Å². The van der Waals surface area contributed by atoms with Crippen molar-refractivity contribution in [3.05, 3.63) is 29.5 Å². The summed E-state index contributed by atoms with van der Waals surface area (Å²) in [4.78, 5) is 11.7. The van der Waals surface area contributed by atoms with Crippen LogP contribution in [-0.4, -0.2) is 15.6 Å². The molecule has 88 valence electrons. The van der Waals surface area contributed by atoms with E-state index in [1.165, 1.54) is 19.3 Å². The molecule has 1 saturated carbocycles. The fourth-order valence-corrected chi connectivity index (χ4v) is 2.61. The normalized spacial score (nSPS) is 16.1. The van der Waals surface area contributed by atoms with E-state index in [9.17, 15) is 4.79 Å². The largest absolute Gasteiger partial charge is 0.294 e. The lowest BCUT2D eigenvalue weighted by Gasteiger charge is -2.23. The zero-order chi connectivity index (χ0) is 12.0. The first-order chi connectivity index (χ1) is 8.18. The molecule has 1 aromatic heterocycles. The maximum absolute atomic E-state index is 11.7. The van der Waals surface area contributed by atoms with Gasteiger partial charge in [0.25, 0.3) is 0 Å². The van der Waals surface area contributed by atoms with Gasteiger partial charge in [-0.15, -0.1) is 0 Å². The van der Waals surface area contributed by atoms with E-state index in [1.54, 1.807) is 6.92 Å². The number of hydrogen-bond acceptors (Lipinski definition) is 2. The van der Waals surface area contributed by atoms with Crippen molar-refractivity contribution in [2.75, 3.05) is 0 Å². The van der Waals surface area contributed by atoms with E-state index in [0.717, 1.165) is 22.2 Å². The van der Waals surface area contributed by atoms with Crippen LogP contribution < -0.4 is 0 Å². The second-order valence-corrected chi connectivity index (χ2v) is 4.89. The standard InChI is InChI=1S/C14H16N2O/c1-9(17)11-7-4-8-12-13(11)14(15-16(12)2)10-5-3-6-10/h4,7-8,10H,3,5-6H2,1-2H3. The van der Waals surface area contributed by atoms with Crippen LogP contribution in [0.5, 0.6) is 0 Å². The van der Waals surface area contributed by atoms with Crippen LogP contribution >= 0.6 is 0 Å². The van der Waals surface area contributed by atoms with Gasteiger partial charge < -0.3 is 0 Å². The zero-order valence-corrected chi connectivity index (χ0v) is 10.2. The molecule has 1 heterocycles. The number of aromatic nitrogens is 2. The molecule has 0 aliphatic heterocycles. The molecule has 0 atom stereocenters. The second-order valence-electron chi connectivity index (χ2n) is 4.89. The molecule has 0 saturated heterocycles. The van der Waals surface area contributed by atoms with Gasteiger partial charge in [-0.25, -0.2) is 0 Å². The van der Waals surface area contributed by atoms with Crippen molar-refractivity contribution >= 4 is 16.7 Å². The van der Waals surface area contributed by atoms with Crippen molar-refractivity contribution in [3.63, 3.8) is 0 Å². The Labute approximate surface area is 100 Å². The highest BCUT2D eigenvalue weighted by atomic mass is 16.1. The highest BCUT2D eigenvalue weighted by Crippen LogP contribution is 2.39. The maximum atomic E-state index is 11.7. The first kappa shape index (κ1) is 10.5. The molecule has 2 aromatic rings. The van der Waals surface area contributed by atoms with E-state index in [0.29, 0.717) is 5.92 Å². The Hall–Kier alpha value is -1.64. The minimum Gasteiger partial charge on any atom is -0.294 e. The predicted molar refractivity (Wildman–Crippen MR) is 67.3 cm³/mol. The number of benzene rings is 1. The van der Waals surface area contributed by atoms with Crippen molar-refractivity contribution < 1.29 is 4.79 Å². The maximum Gasteiger partial charge on any atom is 0.160 e. The molecular formula is C14H16N2O. The molecule has 1 fully saturated rings. The summed E-state index contributed by atoms with van der Waals surface area (Å²) in [6, 6.07) is 5.89. The molecular weight excluding hydrogens is 212 g/mol. The fourth-order valence-electron chi connectivity index (χ4n) is 2.61. The van der Waals surface area contributed by atoms with Gasteiger partial charge in [-0.1, -0.05) is 18.6 Å². The van der Waals surface area contributed by atoms with Crippen molar-refractivity contribution in [1.82, 2.24) is 9.78 Å². The summed E-state index contributed by atoms with van der Waals surface area (Å²) in [5, 5.41) is 5.70. The predicted octanol–water partition coefficient (Wildman–Crippen LogP) is 3.04.